The minimum absolute atomic E-state index is 0.0858. The molecule has 0 saturated carbocycles. The van der Waals surface area contributed by atoms with Crippen LogP contribution in [0.25, 0.3) is 0 Å². The molecule has 2 rings (SSSR count). The molecule has 4 nitrogen and oxygen atoms in total. The van der Waals surface area contributed by atoms with E-state index in [-0.39, 0.29) is 18.3 Å². The highest BCUT2D eigenvalue weighted by Crippen LogP contribution is 2.15. The van der Waals surface area contributed by atoms with Gasteiger partial charge in [0.25, 0.3) is 5.91 Å². The van der Waals surface area contributed by atoms with E-state index in [1.807, 2.05) is 0 Å². The average molecular weight is 245 g/mol. The number of nitrogens with zero attached hydrogens (tertiary/aromatic N) is 1. The molecule has 3 N–H and O–H groups in total. The topological polar surface area (TPSA) is 68.0 Å². The fraction of sp³-hybridized carbons (Fsp3) is 0.0769. The van der Waals surface area contributed by atoms with Gasteiger partial charge < -0.3 is 11.1 Å². The van der Waals surface area contributed by atoms with Gasteiger partial charge in [0.05, 0.1) is 5.56 Å². The summed E-state index contributed by atoms with van der Waals surface area (Å²) in [6.45, 7) is 0.0858. The maximum absolute atomic E-state index is 13.2. The maximum Gasteiger partial charge on any atom is 0.257 e. The molecule has 0 bridgehead atoms. The number of benzene rings is 1. The SMILES string of the molecule is NCc1cc(NC(=O)c2cccnc2)ccc1F. The lowest BCUT2D eigenvalue weighted by molar-refractivity contribution is 0.102. The van der Waals surface area contributed by atoms with Crippen molar-refractivity contribution in [2.24, 2.45) is 5.73 Å². The number of rotatable bonds is 3. The quantitative estimate of drug-likeness (QED) is 0.868. The predicted octanol–water partition coefficient (Wildman–Crippen LogP) is 1.93. The van der Waals surface area contributed by atoms with Gasteiger partial charge in [-0.05, 0) is 30.3 Å². The summed E-state index contributed by atoms with van der Waals surface area (Å²) in [6, 6.07) is 7.61. The van der Waals surface area contributed by atoms with Gasteiger partial charge in [0, 0.05) is 30.2 Å². The van der Waals surface area contributed by atoms with Gasteiger partial charge in [0.1, 0.15) is 5.82 Å². The fourth-order valence-corrected chi connectivity index (χ4v) is 1.51. The van der Waals surface area contributed by atoms with Crippen molar-refractivity contribution in [3.05, 3.63) is 59.7 Å². The van der Waals surface area contributed by atoms with Gasteiger partial charge in [0.15, 0.2) is 0 Å². The largest absolute Gasteiger partial charge is 0.326 e. The Morgan fingerprint density at radius 3 is 2.89 bits per heavy atom. The second kappa shape index (κ2) is 5.37. The lowest BCUT2D eigenvalue weighted by Gasteiger charge is -2.07. The second-order valence-electron chi connectivity index (χ2n) is 3.71. The Kier molecular flexibility index (Phi) is 3.64. The van der Waals surface area contributed by atoms with Gasteiger partial charge in [-0.1, -0.05) is 0 Å². The second-order valence-corrected chi connectivity index (χ2v) is 3.71. The van der Waals surface area contributed by atoms with Crippen molar-refractivity contribution >= 4 is 11.6 Å². The molecule has 0 atom stereocenters. The van der Waals surface area contributed by atoms with Crippen molar-refractivity contribution in [2.45, 2.75) is 6.54 Å². The Morgan fingerprint density at radius 1 is 1.39 bits per heavy atom. The van der Waals surface area contributed by atoms with Crippen molar-refractivity contribution in [3.63, 3.8) is 0 Å². The summed E-state index contributed by atoms with van der Waals surface area (Å²) in [7, 11) is 0. The van der Waals surface area contributed by atoms with Crippen LogP contribution in [0.15, 0.2) is 42.7 Å². The van der Waals surface area contributed by atoms with E-state index in [1.54, 1.807) is 18.3 Å². The Morgan fingerprint density at radius 2 is 2.22 bits per heavy atom. The molecule has 1 aromatic carbocycles. The highest BCUT2D eigenvalue weighted by Gasteiger charge is 2.07. The number of carbonyl (C=O) groups is 1. The summed E-state index contributed by atoms with van der Waals surface area (Å²) >= 11 is 0. The molecular formula is C13H12FN3O. The van der Waals surface area contributed by atoms with E-state index in [2.05, 4.69) is 10.3 Å². The third-order valence-electron chi connectivity index (χ3n) is 2.45. The number of aromatic nitrogens is 1. The molecule has 0 fully saturated rings. The molecule has 0 radical (unpaired) electrons. The fourth-order valence-electron chi connectivity index (χ4n) is 1.51. The molecule has 0 spiro atoms. The third-order valence-corrected chi connectivity index (χ3v) is 2.45. The normalized spacial score (nSPS) is 10.1. The van der Waals surface area contributed by atoms with E-state index in [1.165, 1.54) is 24.4 Å². The molecule has 92 valence electrons. The molecule has 1 amide bonds. The van der Waals surface area contributed by atoms with Gasteiger partial charge in [0.2, 0.25) is 0 Å². The first-order chi connectivity index (χ1) is 8.70. The third kappa shape index (κ3) is 2.70. The lowest BCUT2D eigenvalue weighted by Crippen LogP contribution is -2.12. The summed E-state index contributed by atoms with van der Waals surface area (Å²) < 4.78 is 13.2. The lowest BCUT2D eigenvalue weighted by atomic mass is 10.2. The minimum Gasteiger partial charge on any atom is -0.326 e. The minimum atomic E-state index is -0.378. The molecule has 0 aliphatic heterocycles. The predicted molar refractivity (Wildman–Crippen MR) is 66.5 cm³/mol. The average Bonchev–Trinajstić information content (AvgIpc) is 2.42. The van der Waals surface area contributed by atoms with E-state index in [9.17, 15) is 9.18 Å². The first-order valence-corrected chi connectivity index (χ1v) is 5.40. The van der Waals surface area contributed by atoms with Crippen molar-refractivity contribution < 1.29 is 9.18 Å². The number of halogens is 1. The van der Waals surface area contributed by atoms with Crippen LogP contribution in [0.2, 0.25) is 0 Å². The standard InChI is InChI=1S/C13H12FN3O/c14-12-4-3-11(6-10(12)7-15)17-13(18)9-2-1-5-16-8-9/h1-6,8H,7,15H2,(H,17,18). The summed E-state index contributed by atoms with van der Waals surface area (Å²) in [5.41, 5.74) is 6.71. The molecule has 0 unspecified atom stereocenters. The molecule has 18 heavy (non-hydrogen) atoms. The molecule has 5 heteroatoms. The number of amides is 1. The number of pyridine rings is 1. The summed E-state index contributed by atoms with van der Waals surface area (Å²) in [6.07, 6.45) is 3.05. The number of anilines is 1. The zero-order valence-electron chi connectivity index (χ0n) is 9.56. The Balaban J connectivity index is 2.17. The summed E-state index contributed by atoms with van der Waals surface area (Å²) in [4.78, 5) is 15.7. The van der Waals surface area contributed by atoms with Crippen LogP contribution in [0.4, 0.5) is 10.1 Å². The first-order valence-electron chi connectivity index (χ1n) is 5.40. The van der Waals surface area contributed by atoms with Crippen molar-refractivity contribution in [1.29, 1.82) is 0 Å². The van der Waals surface area contributed by atoms with Crippen molar-refractivity contribution in [2.75, 3.05) is 5.32 Å². The Labute approximate surface area is 104 Å². The van der Waals surface area contributed by atoms with Crippen LogP contribution in [0.1, 0.15) is 15.9 Å². The van der Waals surface area contributed by atoms with Gasteiger partial charge in [-0.25, -0.2) is 4.39 Å². The van der Waals surface area contributed by atoms with Crippen LogP contribution in [-0.2, 0) is 6.54 Å². The molecule has 0 aliphatic carbocycles. The van der Waals surface area contributed by atoms with Gasteiger partial charge >= 0.3 is 0 Å². The molecule has 0 saturated heterocycles. The van der Waals surface area contributed by atoms with Crippen LogP contribution < -0.4 is 11.1 Å². The Bertz CT molecular complexity index is 557. The van der Waals surface area contributed by atoms with Crippen molar-refractivity contribution in [1.82, 2.24) is 4.98 Å². The van der Waals surface area contributed by atoms with Gasteiger partial charge in [-0.3, -0.25) is 9.78 Å². The summed E-state index contributed by atoms with van der Waals surface area (Å²) in [5.74, 6) is -0.672. The van der Waals surface area contributed by atoms with Crippen LogP contribution >= 0.6 is 0 Å². The maximum atomic E-state index is 13.2. The highest BCUT2D eigenvalue weighted by molar-refractivity contribution is 6.04. The number of hydrogen-bond donors (Lipinski definition) is 2. The zero-order chi connectivity index (χ0) is 13.0. The Hall–Kier alpha value is -2.27. The number of nitrogens with two attached hydrogens (primary N) is 1. The van der Waals surface area contributed by atoms with Crippen LogP contribution in [0.5, 0.6) is 0 Å². The molecule has 1 heterocycles. The zero-order valence-corrected chi connectivity index (χ0v) is 9.56. The van der Waals surface area contributed by atoms with Crippen LogP contribution in [0.3, 0.4) is 0 Å². The van der Waals surface area contributed by atoms with Crippen molar-refractivity contribution in [3.8, 4) is 0 Å². The van der Waals surface area contributed by atoms with Gasteiger partial charge in [-0.2, -0.15) is 0 Å². The monoisotopic (exact) mass is 245 g/mol. The van der Waals surface area contributed by atoms with E-state index in [4.69, 9.17) is 5.73 Å². The van der Waals surface area contributed by atoms with E-state index < -0.39 is 0 Å². The number of carbonyl (C=O) groups excluding carboxylic acids is 1. The number of hydrogen-bond acceptors (Lipinski definition) is 3. The first kappa shape index (κ1) is 12.2. The molecular weight excluding hydrogens is 233 g/mol. The van der Waals surface area contributed by atoms with Crippen LogP contribution in [-0.4, -0.2) is 10.9 Å². The molecule has 1 aromatic heterocycles. The van der Waals surface area contributed by atoms with Crippen LogP contribution in [0, 0.1) is 5.82 Å². The van der Waals surface area contributed by atoms with E-state index in [0.717, 1.165) is 0 Å². The smallest absolute Gasteiger partial charge is 0.257 e. The van der Waals surface area contributed by atoms with E-state index >= 15 is 0 Å². The molecule has 2 aromatic rings. The highest BCUT2D eigenvalue weighted by atomic mass is 19.1. The number of nitrogens with one attached hydrogen (secondary N) is 1. The summed E-state index contributed by atoms with van der Waals surface area (Å²) in [5, 5.41) is 2.66. The van der Waals surface area contributed by atoms with E-state index in [0.29, 0.717) is 16.8 Å². The van der Waals surface area contributed by atoms with Gasteiger partial charge in [-0.15, -0.1) is 0 Å². The molecule has 0 aliphatic rings.